The van der Waals surface area contributed by atoms with E-state index in [0.29, 0.717) is 6.54 Å². The Morgan fingerprint density at radius 1 is 1.40 bits per heavy atom. The molecule has 104 valence electrons. The predicted molar refractivity (Wildman–Crippen MR) is 78.4 cm³/mol. The van der Waals surface area contributed by atoms with Crippen LogP contribution in [-0.4, -0.2) is 16.8 Å². The number of amides is 1. The highest BCUT2D eigenvalue weighted by molar-refractivity contribution is 7.09. The Labute approximate surface area is 121 Å². The Morgan fingerprint density at radius 3 is 2.80 bits per heavy atom. The van der Waals surface area contributed by atoms with Crippen LogP contribution in [0.15, 0.2) is 35.7 Å². The molecule has 0 N–H and O–H groups in total. The summed E-state index contributed by atoms with van der Waals surface area (Å²) >= 11 is 1.63. The van der Waals surface area contributed by atoms with Crippen molar-refractivity contribution in [2.75, 3.05) is 0 Å². The maximum Gasteiger partial charge on any atom is 0.257 e. The van der Waals surface area contributed by atoms with Crippen molar-refractivity contribution < 1.29 is 9.18 Å². The molecule has 1 aliphatic rings. The van der Waals surface area contributed by atoms with Gasteiger partial charge in [0.25, 0.3) is 5.91 Å². The second-order valence-corrected chi connectivity index (χ2v) is 6.26. The smallest absolute Gasteiger partial charge is 0.257 e. The van der Waals surface area contributed by atoms with Crippen LogP contribution < -0.4 is 0 Å². The number of nitrogens with zero attached hydrogens (tertiary/aromatic N) is 1. The molecule has 4 heteroatoms. The molecule has 0 aliphatic heterocycles. The Balaban J connectivity index is 1.85. The summed E-state index contributed by atoms with van der Waals surface area (Å²) < 4.78 is 14.0. The Bertz CT molecular complexity index is 619. The summed E-state index contributed by atoms with van der Waals surface area (Å²) in [6.45, 7) is 2.40. The van der Waals surface area contributed by atoms with E-state index in [1.165, 1.54) is 6.07 Å². The standard InChI is InChI=1S/C16H16FNOS/c1-11-4-7-14(15(17)9-11)16(19)18(12-5-6-12)10-13-3-2-8-20-13/h2-4,7-9,12H,5-6,10H2,1H3. The zero-order valence-electron chi connectivity index (χ0n) is 11.3. The molecule has 1 saturated carbocycles. The van der Waals surface area contributed by atoms with E-state index in [1.807, 2.05) is 24.4 Å². The van der Waals surface area contributed by atoms with Crippen LogP contribution in [0.4, 0.5) is 4.39 Å². The maximum atomic E-state index is 14.0. The summed E-state index contributed by atoms with van der Waals surface area (Å²) in [5.74, 6) is -0.620. The van der Waals surface area contributed by atoms with Crippen LogP contribution in [-0.2, 0) is 6.54 Å². The maximum absolute atomic E-state index is 14.0. The Kier molecular flexibility index (Phi) is 3.57. The normalized spacial score (nSPS) is 14.3. The second-order valence-electron chi connectivity index (χ2n) is 5.23. The quantitative estimate of drug-likeness (QED) is 0.833. The summed E-state index contributed by atoms with van der Waals surface area (Å²) in [7, 11) is 0. The van der Waals surface area contributed by atoms with Crippen molar-refractivity contribution in [3.05, 3.63) is 57.5 Å². The van der Waals surface area contributed by atoms with Gasteiger partial charge in [0.1, 0.15) is 5.82 Å². The van der Waals surface area contributed by atoms with Gasteiger partial charge in [-0.3, -0.25) is 4.79 Å². The summed E-state index contributed by atoms with van der Waals surface area (Å²) in [5.41, 5.74) is 1.01. The van der Waals surface area contributed by atoms with Crippen molar-refractivity contribution in [2.24, 2.45) is 0 Å². The fourth-order valence-electron chi connectivity index (χ4n) is 2.27. The van der Waals surface area contributed by atoms with Crippen molar-refractivity contribution in [1.29, 1.82) is 0 Å². The van der Waals surface area contributed by atoms with Crippen molar-refractivity contribution in [2.45, 2.75) is 32.4 Å². The molecular formula is C16H16FNOS. The van der Waals surface area contributed by atoms with Gasteiger partial charge in [0, 0.05) is 10.9 Å². The Morgan fingerprint density at radius 2 is 2.20 bits per heavy atom. The zero-order valence-corrected chi connectivity index (χ0v) is 12.1. The predicted octanol–water partition coefficient (Wildman–Crippen LogP) is 4.00. The minimum absolute atomic E-state index is 0.180. The highest BCUT2D eigenvalue weighted by Gasteiger charge is 2.34. The Hall–Kier alpha value is -1.68. The third-order valence-corrected chi connectivity index (χ3v) is 4.37. The van der Waals surface area contributed by atoms with E-state index in [4.69, 9.17) is 0 Å². The fourth-order valence-corrected chi connectivity index (χ4v) is 2.97. The number of rotatable bonds is 4. The van der Waals surface area contributed by atoms with Gasteiger partial charge < -0.3 is 4.90 Å². The highest BCUT2D eigenvalue weighted by atomic mass is 32.1. The van der Waals surface area contributed by atoms with Crippen molar-refractivity contribution >= 4 is 17.2 Å². The van der Waals surface area contributed by atoms with Gasteiger partial charge in [-0.15, -0.1) is 11.3 Å². The number of hydrogen-bond acceptors (Lipinski definition) is 2. The van der Waals surface area contributed by atoms with Crippen LogP contribution in [0, 0.1) is 12.7 Å². The van der Waals surface area contributed by atoms with Crippen molar-refractivity contribution in [1.82, 2.24) is 4.90 Å². The molecule has 0 atom stereocenters. The topological polar surface area (TPSA) is 20.3 Å². The summed E-state index contributed by atoms with van der Waals surface area (Å²) in [5, 5.41) is 2.00. The number of carbonyl (C=O) groups excluding carboxylic acids is 1. The lowest BCUT2D eigenvalue weighted by atomic mass is 10.1. The average molecular weight is 289 g/mol. The molecule has 1 fully saturated rings. The van der Waals surface area contributed by atoms with Gasteiger partial charge in [0.15, 0.2) is 0 Å². The number of halogens is 1. The summed E-state index contributed by atoms with van der Waals surface area (Å²) in [6.07, 6.45) is 2.04. The first-order valence-corrected chi connectivity index (χ1v) is 7.62. The minimum Gasteiger partial charge on any atom is -0.330 e. The van der Waals surface area contributed by atoms with Gasteiger partial charge >= 0.3 is 0 Å². The monoisotopic (exact) mass is 289 g/mol. The molecule has 0 unspecified atom stereocenters. The first kappa shape index (κ1) is 13.3. The molecule has 1 amide bonds. The van der Waals surface area contributed by atoms with Crippen LogP contribution >= 0.6 is 11.3 Å². The van der Waals surface area contributed by atoms with Gasteiger partial charge in [0.05, 0.1) is 12.1 Å². The van der Waals surface area contributed by atoms with E-state index < -0.39 is 5.82 Å². The molecule has 0 radical (unpaired) electrons. The van der Waals surface area contributed by atoms with E-state index in [1.54, 1.807) is 28.4 Å². The summed E-state index contributed by atoms with van der Waals surface area (Å²) in [6, 6.07) is 9.05. The lowest BCUT2D eigenvalue weighted by molar-refractivity contribution is 0.0727. The lowest BCUT2D eigenvalue weighted by Gasteiger charge is -2.22. The van der Waals surface area contributed by atoms with Crippen LogP contribution in [0.25, 0.3) is 0 Å². The average Bonchev–Trinajstić information content (AvgIpc) is 3.12. The van der Waals surface area contributed by atoms with E-state index in [0.717, 1.165) is 23.3 Å². The third kappa shape index (κ3) is 2.75. The lowest BCUT2D eigenvalue weighted by Crippen LogP contribution is -2.32. The van der Waals surface area contributed by atoms with Gasteiger partial charge in [-0.25, -0.2) is 4.39 Å². The second kappa shape index (κ2) is 5.37. The molecule has 1 aliphatic carbocycles. The van der Waals surface area contributed by atoms with Crippen molar-refractivity contribution in [3.8, 4) is 0 Å². The minimum atomic E-state index is -0.424. The molecule has 3 rings (SSSR count). The number of thiophene rings is 1. The third-order valence-electron chi connectivity index (χ3n) is 3.51. The van der Waals surface area contributed by atoms with Crippen LogP contribution in [0.1, 0.15) is 33.6 Å². The molecule has 2 nitrogen and oxygen atoms in total. The molecular weight excluding hydrogens is 273 g/mol. The molecule has 0 bridgehead atoms. The van der Waals surface area contributed by atoms with E-state index in [-0.39, 0.29) is 17.5 Å². The van der Waals surface area contributed by atoms with Gasteiger partial charge in [-0.1, -0.05) is 12.1 Å². The van der Waals surface area contributed by atoms with Crippen molar-refractivity contribution in [3.63, 3.8) is 0 Å². The number of aryl methyl sites for hydroxylation is 1. The number of carbonyl (C=O) groups is 1. The van der Waals surface area contributed by atoms with E-state index >= 15 is 0 Å². The number of benzene rings is 1. The molecule has 0 saturated heterocycles. The van der Waals surface area contributed by atoms with Gasteiger partial charge in [0.2, 0.25) is 0 Å². The SMILES string of the molecule is Cc1ccc(C(=O)N(Cc2cccs2)C2CC2)c(F)c1. The van der Waals surface area contributed by atoms with Crippen LogP contribution in [0.2, 0.25) is 0 Å². The van der Waals surface area contributed by atoms with E-state index in [9.17, 15) is 9.18 Å². The molecule has 0 spiro atoms. The van der Waals surface area contributed by atoms with Crippen LogP contribution in [0.3, 0.4) is 0 Å². The largest absolute Gasteiger partial charge is 0.330 e. The number of hydrogen-bond donors (Lipinski definition) is 0. The zero-order chi connectivity index (χ0) is 14.1. The van der Waals surface area contributed by atoms with E-state index in [2.05, 4.69) is 0 Å². The molecule has 1 heterocycles. The van der Waals surface area contributed by atoms with Gasteiger partial charge in [-0.05, 0) is 48.9 Å². The first-order chi connectivity index (χ1) is 9.65. The summed E-state index contributed by atoms with van der Waals surface area (Å²) in [4.78, 5) is 15.5. The highest BCUT2D eigenvalue weighted by Crippen LogP contribution is 2.31. The molecule has 1 aromatic heterocycles. The van der Waals surface area contributed by atoms with Crippen LogP contribution in [0.5, 0.6) is 0 Å². The first-order valence-electron chi connectivity index (χ1n) is 6.74. The molecule has 1 aromatic carbocycles. The molecule has 2 aromatic rings. The van der Waals surface area contributed by atoms with Gasteiger partial charge in [-0.2, -0.15) is 0 Å². The molecule has 20 heavy (non-hydrogen) atoms. The fraction of sp³-hybridized carbons (Fsp3) is 0.312.